The van der Waals surface area contributed by atoms with Crippen molar-refractivity contribution in [3.63, 3.8) is 0 Å². The van der Waals surface area contributed by atoms with E-state index in [0.29, 0.717) is 17.1 Å². The Balaban J connectivity index is 1.75. The summed E-state index contributed by atoms with van der Waals surface area (Å²) in [5.41, 5.74) is 0.671. The molecule has 0 aromatic heterocycles. The summed E-state index contributed by atoms with van der Waals surface area (Å²) < 4.78 is 10.6. The fourth-order valence-corrected chi connectivity index (χ4v) is 2.42. The van der Waals surface area contributed by atoms with Gasteiger partial charge in [0.2, 0.25) is 6.79 Å². The molecule has 3 rings (SSSR count). The first kappa shape index (κ1) is 12.3. The highest BCUT2D eigenvalue weighted by molar-refractivity contribution is 5.95. The highest BCUT2D eigenvalue weighted by atomic mass is 16.7. The van der Waals surface area contributed by atoms with Crippen LogP contribution in [0.15, 0.2) is 18.2 Å². The molecule has 0 spiro atoms. The third-order valence-electron chi connectivity index (χ3n) is 3.50. The van der Waals surface area contributed by atoms with Gasteiger partial charge < -0.3 is 19.7 Å². The molecule has 2 aliphatic rings. The van der Waals surface area contributed by atoms with E-state index in [1.165, 1.54) is 0 Å². The Hall–Kier alpha value is -1.75. The number of carbonyl (C=O) groups is 1. The van der Waals surface area contributed by atoms with Gasteiger partial charge in [-0.1, -0.05) is 0 Å². The van der Waals surface area contributed by atoms with Crippen molar-refractivity contribution in [2.45, 2.75) is 12.8 Å². The van der Waals surface area contributed by atoms with Crippen LogP contribution in [0.4, 0.5) is 0 Å². The number of benzene rings is 1. The first-order chi connectivity index (χ1) is 9.34. The van der Waals surface area contributed by atoms with Crippen LogP contribution in [0.3, 0.4) is 0 Å². The lowest BCUT2D eigenvalue weighted by Gasteiger charge is -2.25. The molecule has 2 heterocycles. The van der Waals surface area contributed by atoms with E-state index < -0.39 is 0 Å². The lowest BCUT2D eigenvalue weighted by atomic mass is 10.1. The van der Waals surface area contributed by atoms with Crippen molar-refractivity contribution in [3.05, 3.63) is 23.8 Å². The maximum absolute atomic E-state index is 12.5. The number of hydrogen-bond acceptors (Lipinski definition) is 4. The third-order valence-corrected chi connectivity index (χ3v) is 3.50. The quantitative estimate of drug-likeness (QED) is 0.827. The van der Waals surface area contributed by atoms with Gasteiger partial charge in [-0.3, -0.25) is 4.79 Å². The summed E-state index contributed by atoms with van der Waals surface area (Å²) in [5.74, 6) is 1.45. The maximum atomic E-state index is 12.5. The van der Waals surface area contributed by atoms with Crippen LogP contribution in [0, 0.1) is 0 Å². The molecule has 1 saturated heterocycles. The SMILES string of the molecule is O=C(c1ccc2c(c1)OCO2)N1CCCCNCC1. The van der Waals surface area contributed by atoms with Gasteiger partial charge in [-0.05, 0) is 37.6 Å². The average Bonchev–Trinajstić information content (AvgIpc) is 2.84. The van der Waals surface area contributed by atoms with Gasteiger partial charge in [-0.15, -0.1) is 0 Å². The summed E-state index contributed by atoms with van der Waals surface area (Å²) >= 11 is 0. The largest absolute Gasteiger partial charge is 0.454 e. The summed E-state index contributed by atoms with van der Waals surface area (Å²) in [6.07, 6.45) is 2.16. The topological polar surface area (TPSA) is 50.8 Å². The Morgan fingerprint density at radius 3 is 2.95 bits per heavy atom. The minimum atomic E-state index is 0.0713. The maximum Gasteiger partial charge on any atom is 0.254 e. The van der Waals surface area contributed by atoms with Crippen LogP contribution in [0.25, 0.3) is 0 Å². The molecule has 2 aliphatic heterocycles. The Morgan fingerprint density at radius 2 is 2.00 bits per heavy atom. The Morgan fingerprint density at radius 1 is 1.11 bits per heavy atom. The van der Waals surface area contributed by atoms with Crippen molar-refractivity contribution >= 4 is 5.91 Å². The molecule has 0 bridgehead atoms. The van der Waals surface area contributed by atoms with Gasteiger partial charge in [0.1, 0.15) is 0 Å². The average molecular weight is 262 g/mol. The molecule has 5 heteroatoms. The Labute approximate surface area is 112 Å². The van der Waals surface area contributed by atoms with Crippen LogP contribution >= 0.6 is 0 Å². The molecule has 5 nitrogen and oxygen atoms in total. The molecule has 1 N–H and O–H groups in total. The van der Waals surface area contributed by atoms with Crippen molar-refractivity contribution in [2.75, 3.05) is 33.0 Å². The van der Waals surface area contributed by atoms with Crippen LogP contribution < -0.4 is 14.8 Å². The van der Waals surface area contributed by atoms with Gasteiger partial charge in [0.05, 0.1) is 0 Å². The van der Waals surface area contributed by atoms with E-state index in [1.807, 2.05) is 11.0 Å². The molecular formula is C14H18N2O3. The van der Waals surface area contributed by atoms with E-state index in [9.17, 15) is 4.79 Å². The molecule has 102 valence electrons. The molecule has 0 unspecified atom stereocenters. The number of rotatable bonds is 1. The van der Waals surface area contributed by atoms with Crippen molar-refractivity contribution in [2.24, 2.45) is 0 Å². The number of carbonyl (C=O) groups excluding carboxylic acids is 1. The minimum absolute atomic E-state index is 0.0713. The molecule has 0 atom stereocenters. The molecule has 0 aliphatic carbocycles. The van der Waals surface area contributed by atoms with Crippen molar-refractivity contribution in [3.8, 4) is 11.5 Å². The fourth-order valence-electron chi connectivity index (χ4n) is 2.42. The van der Waals surface area contributed by atoms with E-state index in [1.54, 1.807) is 12.1 Å². The zero-order chi connectivity index (χ0) is 13.1. The predicted octanol–water partition coefficient (Wildman–Crippen LogP) is 1.24. The van der Waals surface area contributed by atoms with Crippen LogP contribution in [0.5, 0.6) is 11.5 Å². The molecule has 0 radical (unpaired) electrons. The van der Waals surface area contributed by atoms with Crippen molar-refractivity contribution in [1.29, 1.82) is 0 Å². The normalized spacial score (nSPS) is 18.8. The molecule has 1 aromatic rings. The summed E-state index contributed by atoms with van der Waals surface area (Å²) in [6.45, 7) is 3.73. The van der Waals surface area contributed by atoms with Gasteiger partial charge in [0.25, 0.3) is 5.91 Å². The van der Waals surface area contributed by atoms with E-state index >= 15 is 0 Å². The van der Waals surface area contributed by atoms with Gasteiger partial charge in [0, 0.05) is 25.2 Å². The number of fused-ring (bicyclic) bond motifs is 1. The predicted molar refractivity (Wildman–Crippen MR) is 70.6 cm³/mol. The van der Waals surface area contributed by atoms with Crippen molar-refractivity contribution in [1.82, 2.24) is 10.2 Å². The summed E-state index contributed by atoms with van der Waals surface area (Å²) in [5, 5.41) is 3.33. The molecular weight excluding hydrogens is 244 g/mol. The molecule has 0 saturated carbocycles. The smallest absolute Gasteiger partial charge is 0.254 e. The second-order valence-corrected chi connectivity index (χ2v) is 4.82. The first-order valence-electron chi connectivity index (χ1n) is 6.74. The summed E-state index contributed by atoms with van der Waals surface area (Å²) in [7, 11) is 0. The number of amides is 1. The van der Waals surface area contributed by atoms with E-state index in [2.05, 4.69) is 5.32 Å². The Kier molecular flexibility index (Phi) is 3.55. The van der Waals surface area contributed by atoms with E-state index in [-0.39, 0.29) is 12.7 Å². The van der Waals surface area contributed by atoms with Crippen LogP contribution in [0.1, 0.15) is 23.2 Å². The van der Waals surface area contributed by atoms with Crippen LogP contribution in [-0.4, -0.2) is 43.8 Å². The number of hydrogen-bond donors (Lipinski definition) is 1. The number of nitrogens with zero attached hydrogens (tertiary/aromatic N) is 1. The Bertz CT molecular complexity index is 468. The zero-order valence-electron chi connectivity index (χ0n) is 10.9. The minimum Gasteiger partial charge on any atom is -0.454 e. The monoisotopic (exact) mass is 262 g/mol. The van der Waals surface area contributed by atoms with Gasteiger partial charge in [-0.25, -0.2) is 0 Å². The summed E-state index contributed by atoms with van der Waals surface area (Å²) in [6, 6.07) is 5.39. The molecule has 1 fully saturated rings. The highest BCUT2D eigenvalue weighted by Crippen LogP contribution is 2.32. The third kappa shape index (κ3) is 2.66. The second-order valence-electron chi connectivity index (χ2n) is 4.82. The van der Waals surface area contributed by atoms with Crippen LogP contribution in [-0.2, 0) is 0 Å². The lowest BCUT2D eigenvalue weighted by molar-refractivity contribution is 0.0747. The molecule has 1 amide bonds. The zero-order valence-corrected chi connectivity index (χ0v) is 10.9. The number of nitrogens with one attached hydrogen (secondary N) is 1. The summed E-state index contributed by atoms with van der Waals surface area (Å²) in [4.78, 5) is 14.4. The van der Waals surface area contributed by atoms with E-state index in [0.717, 1.165) is 39.0 Å². The number of ether oxygens (including phenoxy) is 2. The highest BCUT2D eigenvalue weighted by Gasteiger charge is 2.20. The van der Waals surface area contributed by atoms with Gasteiger partial charge >= 0.3 is 0 Å². The van der Waals surface area contributed by atoms with Crippen molar-refractivity contribution < 1.29 is 14.3 Å². The fraction of sp³-hybridized carbons (Fsp3) is 0.500. The van der Waals surface area contributed by atoms with Gasteiger partial charge in [0.15, 0.2) is 11.5 Å². The molecule has 19 heavy (non-hydrogen) atoms. The van der Waals surface area contributed by atoms with Crippen LogP contribution in [0.2, 0.25) is 0 Å². The van der Waals surface area contributed by atoms with Gasteiger partial charge in [-0.2, -0.15) is 0 Å². The van der Waals surface area contributed by atoms with E-state index in [4.69, 9.17) is 9.47 Å². The second kappa shape index (κ2) is 5.48. The molecule has 1 aromatic carbocycles. The lowest BCUT2D eigenvalue weighted by Crippen LogP contribution is -2.39. The first-order valence-corrected chi connectivity index (χ1v) is 6.74. The standard InChI is InChI=1S/C14H18N2O3/c17-14(16-7-2-1-5-15-6-8-16)11-3-4-12-13(9-11)19-10-18-12/h3-4,9,15H,1-2,5-8,10H2.